The molecule has 0 aliphatic carbocycles. The predicted molar refractivity (Wildman–Crippen MR) is 107 cm³/mol. The maximum Gasteiger partial charge on any atom is 0.116 e. The van der Waals surface area contributed by atoms with Gasteiger partial charge >= 0.3 is 0 Å². The molecule has 138 valence electrons. The highest BCUT2D eigenvalue weighted by atomic mass is 16.3. The summed E-state index contributed by atoms with van der Waals surface area (Å²) in [6.07, 6.45) is 4.35. The molecular formula is C23H28O3. The first kappa shape index (κ1) is 20.0. The summed E-state index contributed by atoms with van der Waals surface area (Å²) in [5.74, 6) is -0.178. The fourth-order valence-corrected chi connectivity index (χ4v) is 3.10. The summed E-state index contributed by atoms with van der Waals surface area (Å²) in [5, 5.41) is 30.7. The van der Waals surface area contributed by atoms with E-state index < -0.39 is 18.1 Å². The third kappa shape index (κ3) is 5.58. The molecule has 0 spiro atoms. The zero-order chi connectivity index (χ0) is 18.9. The van der Waals surface area contributed by atoms with Gasteiger partial charge in [-0.3, -0.25) is 0 Å². The van der Waals surface area contributed by atoms with Gasteiger partial charge in [-0.2, -0.15) is 0 Å². The van der Waals surface area contributed by atoms with Crippen molar-refractivity contribution in [2.24, 2.45) is 5.92 Å². The van der Waals surface area contributed by atoms with Gasteiger partial charge in [0.1, 0.15) is 5.75 Å². The quantitative estimate of drug-likeness (QED) is 0.565. The first-order chi connectivity index (χ1) is 12.5. The highest BCUT2D eigenvalue weighted by Gasteiger charge is 2.25. The van der Waals surface area contributed by atoms with E-state index in [4.69, 9.17) is 0 Å². The molecule has 3 heteroatoms. The molecule has 0 radical (unpaired) electrons. The van der Waals surface area contributed by atoms with E-state index in [-0.39, 0.29) is 5.75 Å². The van der Waals surface area contributed by atoms with Crippen LogP contribution in [0.4, 0.5) is 0 Å². The lowest BCUT2D eigenvalue weighted by Gasteiger charge is -2.25. The first-order valence-electron chi connectivity index (χ1n) is 9.07. The van der Waals surface area contributed by atoms with Crippen molar-refractivity contribution in [3.63, 3.8) is 0 Å². The Morgan fingerprint density at radius 2 is 1.81 bits per heavy atom. The molecule has 0 aliphatic rings. The normalized spacial score (nSPS) is 15.3. The lowest BCUT2D eigenvalue weighted by atomic mass is 9.87. The van der Waals surface area contributed by atoms with E-state index in [0.29, 0.717) is 6.42 Å². The van der Waals surface area contributed by atoms with Crippen LogP contribution in [0.2, 0.25) is 0 Å². The second-order valence-corrected chi connectivity index (χ2v) is 6.53. The van der Waals surface area contributed by atoms with Crippen molar-refractivity contribution in [1.29, 1.82) is 0 Å². The van der Waals surface area contributed by atoms with Crippen LogP contribution in [-0.2, 0) is 0 Å². The molecule has 0 fully saturated rings. The highest BCUT2D eigenvalue weighted by molar-refractivity contribution is 5.54. The van der Waals surface area contributed by atoms with E-state index in [1.54, 1.807) is 18.2 Å². The summed E-state index contributed by atoms with van der Waals surface area (Å²) < 4.78 is 0. The van der Waals surface area contributed by atoms with E-state index in [2.05, 4.69) is 13.5 Å². The number of benzene rings is 2. The minimum atomic E-state index is -0.774. The largest absolute Gasteiger partial charge is 0.508 e. The van der Waals surface area contributed by atoms with Gasteiger partial charge in [-0.05, 0) is 42.5 Å². The second-order valence-electron chi connectivity index (χ2n) is 6.53. The van der Waals surface area contributed by atoms with E-state index in [1.807, 2.05) is 48.5 Å². The van der Waals surface area contributed by atoms with Gasteiger partial charge in [-0.25, -0.2) is 0 Å². The van der Waals surface area contributed by atoms with Crippen LogP contribution in [-0.4, -0.2) is 21.4 Å². The Labute approximate surface area is 156 Å². The molecule has 0 unspecified atom stereocenters. The van der Waals surface area contributed by atoms with Crippen LogP contribution in [0, 0.1) is 5.92 Å². The maximum absolute atomic E-state index is 10.6. The minimum Gasteiger partial charge on any atom is -0.508 e. The van der Waals surface area contributed by atoms with Crippen LogP contribution < -0.4 is 0 Å². The zero-order valence-electron chi connectivity index (χ0n) is 15.3. The number of phenols is 1. The van der Waals surface area contributed by atoms with Crippen LogP contribution in [0.5, 0.6) is 5.75 Å². The van der Waals surface area contributed by atoms with Crippen molar-refractivity contribution in [1.82, 2.24) is 0 Å². The molecule has 3 N–H and O–H groups in total. The fourth-order valence-electron chi connectivity index (χ4n) is 3.10. The molecule has 0 aromatic heterocycles. The minimum absolute atomic E-state index is 0.243. The number of phenolic OH excluding ortho intramolecular Hbond substituents is 1. The number of rotatable bonds is 9. The third-order valence-electron chi connectivity index (χ3n) is 4.68. The van der Waals surface area contributed by atoms with Crippen molar-refractivity contribution in [3.05, 3.63) is 84.0 Å². The van der Waals surface area contributed by atoms with Crippen molar-refractivity contribution in [2.45, 2.75) is 38.4 Å². The van der Waals surface area contributed by atoms with Gasteiger partial charge in [0.05, 0.1) is 12.2 Å². The van der Waals surface area contributed by atoms with E-state index in [1.165, 1.54) is 5.57 Å². The Bertz CT molecular complexity index is 721. The van der Waals surface area contributed by atoms with Crippen LogP contribution in [0.15, 0.2) is 72.8 Å². The van der Waals surface area contributed by atoms with Gasteiger partial charge in [-0.1, -0.05) is 67.1 Å². The van der Waals surface area contributed by atoms with Gasteiger partial charge in [0.25, 0.3) is 0 Å². The summed E-state index contributed by atoms with van der Waals surface area (Å²) in [6, 6.07) is 16.5. The Balaban J connectivity index is 2.02. The molecule has 0 aliphatic heterocycles. The lowest BCUT2D eigenvalue weighted by molar-refractivity contribution is 0.0318. The summed E-state index contributed by atoms with van der Waals surface area (Å²) in [4.78, 5) is 0. The van der Waals surface area contributed by atoms with Crippen molar-refractivity contribution in [3.8, 4) is 5.75 Å². The smallest absolute Gasteiger partial charge is 0.116 e. The predicted octanol–water partition coefficient (Wildman–Crippen LogP) is 4.86. The Kier molecular flexibility index (Phi) is 7.64. The maximum atomic E-state index is 10.6. The van der Waals surface area contributed by atoms with Crippen molar-refractivity contribution >= 4 is 6.08 Å². The first-order valence-corrected chi connectivity index (χ1v) is 9.07. The van der Waals surface area contributed by atoms with Gasteiger partial charge in [0.15, 0.2) is 0 Å². The van der Waals surface area contributed by atoms with Gasteiger partial charge in [0.2, 0.25) is 0 Å². The van der Waals surface area contributed by atoms with Crippen LogP contribution >= 0.6 is 0 Å². The fraction of sp³-hybridized carbons (Fsp3) is 0.304. The average Bonchev–Trinajstić information content (AvgIpc) is 2.66. The van der Waals surface area contributed by atoms with Crippen molar-refractivity contribution in [2.75, 3.05) is 0 Å². The third-order valence-corrected chi connectivity index (χ3v) is 4.68. The number of aliphatic hydroxyl groups excluding tert-OH is 2. The van der Waals surface area contributed by atoms with Gasteiger partial charge in [0, 0.05) is 5.92 Å². The standard InChI is InChI=1S/C23H28O3/c1-3-17(15-18-9-8-12-20(24)16-18)13-14-22(25)21(4-2)23(26)19-10-6-5-7-11-19/h4-12,15-16,21-26H,2-3,13-14H2,1H3/b17-15+/t21-,22-,23-/m1/s1. The van der Waals surface area contributed by atoms with E-state index in [0.717, 1.165) is 24.0 Å². The van der Waals surface area contributed by atoms with Crippen molar-refractivity contribution < 1.29 is 15.3 Å². The van der Waals surface area contributed by atoms with Gasteiger partial charge in [-0.15, -0.1) is 6.58 Å². The summed E-state index contributed by atoms with van der Waals surface area (Å²) in [7, 11) is 0. The topological polar surface area (TPSA) is 60.7 Å². The monoisotopic (exact) mass is 352 g/mol. The van der Waals surface area contributed by atoms with Crippen LogP contribution in [0.1, 0.15) is 43.4 Å². The molecule has 3 atom stereocenters. The number of aliphatic hydroxyl groups is 2. The molecule has 2 rings (SSSR count). The summed E-state index contributed by atoms with van der Waals surface area (Å²) >= 11 is 0. The summed E-state index contributed by atoms with van der Waals surface area (Å²) in [6.45, 7) is 5.87. The molecule has 0 amide bonds. The Morgan fingerprint density at radius 1 is 1.08 bits per heavy atom. The van der Waals surface area contributed by atoms with Gasteiger partial charge < -0.3 is 15.3 Å². The molecule has 2 aromatic carbocycles. The number of aromatic hydroxyl groups is 1. The van der Waals surface area contributed by atoms with Crippen LogP contribution in [0.25, 0.3) is 6.08 Å². The molecule has 26 heavy (non-hydrogen) atoms. The Hall–Kier alpha value is -2.36. The Morgan fingerprint density at radius 3 is 2.42 bits per heavy atom. The average molecular weight is 352 g/mol. The van der Waals surface area contributed by atoms with E-state index >= 15 is 0 Å². The molecular weight excluding hydrogens is 324 g/mol. The molecule has 0 bridgehead atoms. The second kappa shape index (κ2) is 9.95. The molecule has 0 saturated heterocycles. The van der Waals surface area contributed by atoms with E-state index in [9.17, 15) is 15.3 Å². The number of hydrogen-bond donors (Lipinski definition) is 3. The number of allylic oxidation sites excluding steroid dienone is 1. The molecule has 2 aromatic rings. The highest BCUT2D eigenvalue weighted by Crippen LogP contribution is 2.29. The summed E-state index contributed by atoms with van der Waals surface area (Å²) in [5.41, 5.74) is 2.91. The molecule has 3 nitrogen and oxygen atoms in total. The number of hydrogen-bond acceptors (Lipinski definition) is 3. The lowest BCUT2D eigenvalue weighted by Crippen LogP contribution is -2.25. The van der Waals surface area contributed by atoms with Crippen LogP contribution in [0.3, 0.4) is 0 Å². The SMILES string of the molecule is C=C[C@H]([C@H](O)CC/C(=C/c1cccc(O)c1)CC)[C@H](O)c1ccccc1. The molecule has 0 heterocycles. The molecule has 0 saturated carbocycles. The zero-order valence-corrected chi connectivity index (χ0v) is 15.3.